The zero-order chi connectivity index (χ0) is 18.0. The smallest absolute Gasteiger partial charge is 0.323 e. The van der Waals surface area contributed by atoms with E-state index in [1.54, 1.807) is 13.2 Å². The quantitative estimate of drug-likeness (QED) is 0.624. The van der Waals surface area contributed by atoms with Crippen molar-refractivity contribution in [2.24, 2.45) is 0 Å². The fourth-order valence-electron chi connectivity index (χ4n) is 2.90. The van der Waals surface area contributed by atoms with Crippen molar-refractivity contribution in [2.45, 2.75) is 12.8 Å². The van der Waals surface area contributed by atoms with Gasteiger partial charge in [0.05, 0.1) is 12.0 Å². The van der Waals surface area contributed by atoms with E-state index in [0.717, 1.165) is 41.0 Å². The number of rotatable bonds is 5. The van der Waals surface area contributed by atoms with Gasteiger partial charge in [-0.3, -0.25) is 14.5 Å². The molecule has 1 aromatic rings. The van der Waals surface area contributed by atoms with Crippen LogP contribution in [0.25, 0.3) is 6.08 Å². The third-order valence-corrected chi connectivity index (χ3v) is 5.52. The molecule has 25 heavy (non-hydrogen) atoms. The maximum absolute atomic E-state index is 12.4. The molecule has 1 amide bonds. The van der Waals surface area contributed by atoms with E-state index < -0.39 is 12.5 Å². The molecule has 132 valence electrons. The average Bonchev–Trinajstić information content (AvgIpc) is 3.20. The number of benzene rings is 1. The van der Waals surface area contributed by atoms with E-state index >= 15 is 0 Å². The van der Waals surface area contributed by atoms with Gasteiger partial charge in [0.15, 0.2) is 0 Å². The first-order chi connectivity index (χ1) is 12.0. The molecule has 2 aliphatic heterocycles. The highest BCUT2D eigenvalue weighted by Crippen LogP contribution is 2.35. The number of thioether (sulfide) groups is 1. The van der Waals surface area contributed by atoms with E-state index in [2.05, 4.69) is 4.90 Å². The molecule has 1 N–H and O–H groups in total. The minimum Gasteiger partial charge on any atom is -0.496 e. The number of carbonyl (C=O) groups excluding carboxylic acids is 1. The summed E-state index contributed by atoms with van der Waals surface area (Å²) in [5.74, 6) is -0.805. The molecule has 0 bridgehead atoms. The topological polar surface area (TPSA) is 70.1 Å². The first-order valence-electron chi connectivity index (χ1n) is 7.90. The van der Waals surface area contributed by atoms with Crippen LogP contribution in [-0.2, 0) is 9.59 Å². The van der Waals surface area contributed by atoms with Crippen LogP contribution in [0.5, 0.6) is 5.75 Å². The molecule has 2 saturated heterocycles. The molecule has 8 heteroatoms. The second-order valence-corrected chi connectivity index (χ2v) is 7.46. The molecule has 0 saturated carbocycles. The molecule has 0 spiro atoms. The first-order valence-corrected chi connectivity index (χ1v) is 9.12. The van der Waals surface area contributed by atoms with Crippen molar-refractivity contribution in [3.8, 4) is 5.75 Å². The van der Waals surface area contributed by atoms with E-state index in [1.165, 1.54) is 12.8 Å². The number of aliphatic carboxylic acids is 1. The van der Waals surface area contributed by atoms with Gasteiger partial charge in [-0.1, -0.05) is 24.0 Å². The summed E-state index contributed by atoms with van der Waals surface area (Å²) in [6.45, 7) is 1.65. The van der Waals surface area contributed by atoms with Gasteiger partial charge in [0.1, 0.15) is 16.6 Å². The normalized spacial score (nSPS) is 19.2. The highest BCUT2D eigenvalue weighted by molar-refractivity contribution is 8.26. The number of carboxylic acids is 1. The lowest BCUT2D eigenvalue weighted by molar-refractivity contribution is -0.140. The summed E-state index contributed by atoms with van der Waals surface area (Å²) < 4.78 is 5.73. The number of ether oxygens (including phenoxy) is 1. The van der Waals surface area contributed by atoms with Gasteiger partial charge in [0.2, 0.25) is 0 Å². The Morgan fingerprint density at radius 2 is 2.12 bits per heavy atom. The molecule has 0 radical (unpaired) electrons. The Labute approximate surface area is 155 Å². The molecular weight excluding hydrogens is 360 g/mol. The zero-order valence-electron chi connectivity index (χ0n) is 13.7. The summed E-state index contributed by atoms with van der Waals surface area (Å²) in [6.07, 6.45) is 4.08. The van der Waals surface area contributed by atoms with E-state index in [-0.39, 0.29) is 10.2 Å². The number of thiocarbonyl (C=S) groups is 1. The number of methoxy groups -OCH3 is 1. The van der Waals surface area contributed by atoms with Crippen LogP contribution in [0.3, 0.4) is 0 Å². The number of carboxylic acid groups (broad SMARTS) is 1. The summed E-state index contributed by atoms with van der Waals surface area (Å²) in [5, 5.41) is 8.90. The van der Waals surface area contributed by atoms with Crippen molar-refractivity contribution in [1.82, 2.24) is 4.90 Å². The number of nitrogens with zero attached hydrogens (tertiary/aromatic N) is 2. The van der Waals surface area contributed by atoms with Crippen molar-refractivity contribution in [1.29, 1.82) is 0 Å². The van der Waals surface area contributed by atoms with Gasteiger partial charge in [-0.15, -0.1) is 0 Å². The molecule has 0 aliphatic carbocycles. The Morgan fingerprint density at radius 3 is 2.76 bits per heavy atom. The number of anilines is 1. The van der Waals surface area contributed by atoms with Crippen molar-refractivity contribution in [2.75, 3.05) is 31.6 Å². The lowest BCUT2D eigenvalue weighted by Gasteiger charge is -2.19. The fourth-order valence-corrected chi connectivity index (χ4v) is 4.15. The molecule has 2 fully saturated rings. The van der Waals surface area contributed by atoms with Gasteiger partial charge in [-0.05, 0) is 31.1 Å². The number of amides is 1. The van der Waals surface area contributed by atoms with Crippen molar-refractivity contribution >= 4 is 51.9 Å². The summed E-state index contributed by atoms with van der Waals surface area (Å²) >= 11 is 6.22. The predicted molar refractivity (Wildman–Crippen MR) is 102 cm³/mol. The summed E-state index contributed by atoms with van der Waals surface area (Å²) in [7, 11) is 1.59. The van der Waals surface area contributed by atoms with Crippen LogP contribution in [0.15, 0.2) is 23.1 Å². The van der Waals surface area contributed by atoms with Gasteiger partial charge in [0, 0.05) is 30.4 Å². The van der Waals surface area contributed by atoms with Gasteiger partial charge >= 0.3 is 5.97 Å². The van der Waals surface area contributed by atoms with Crippen molar-refractivity contribution in [3.63, 3.8) is 0 Å². The van der Waals surface area contributed by atoms with Crippen LogP contribution in [0.4, 0.5) is 5.69 Å². The van der Waals surface area contributed by atoms with Crippen LogP contribution in [0, 0.1) is 0 Å². The molecular formula is C17H18N2O4S2. The molecule has 3 rings (SSSR count). The monoisotopic (exact) mass is 378 g/mol. The molecule has 2 aliphatic rings. The predicted octanol–water partition coefficient (Wildman–Crippen LogP) is 2.58. The molecule has 0 atom stereocenters. The van der Waals surface area contributed by atoms with Crippen molar-refractivity contribution in [3.05, 3.63) is 28.7 Å². The minimum absolute atomic E-state index is 0.256. The molecule has 0 unspecified atom stereocenters. The van der Waals surface area contributed by atoms with E-state index in [0.29, 0.717) is 10.7 Å². The Bertz CT molecular complexity index is 757. The summed E-state index contributed by atoms with van der Waals surface area (Å²) in [5.41, 5.74) is 1.87. The average molecular weight is 378 g/mol. The van der Waals surface area contributed by atoms with Crippen LogP contribution < -0.4 is 9.64 Å². The largest absolute Gasteiger partial charge is 0.496 e. The highest BCUT2D eigenvalue weighted by atomic mass is 32.2. The fraction of sp³-hybridized carbons (Fsp3) is 0.353. The van der Waals surface area contributed by atoms with E-state index in [4.69, 9.17) is 22.1 Å². The number of hydrogen-bond acceptors (Lipinski definition) is 6. The maximum Gasteiger partial charge on any atom is 0.323 e. The summed E-state index contributed by atoms with van der Waals surface area (Å²) in [4.78, 5) is 27.0. The first kappa shape index (κ1) is 17.8. The van der Waals surface area contributed by atoms with Crippen LogP contribution >= 0.6 is 24.0 Å². The standard InChI is InChI=1S/C17H18N2O4S2/c1-23-13-9-12(18-6-2-3-7-18)5-4-11(13)8-14-16(22)19(10-15(20)21)17(24)25-14/h4-5,8-9H,2-3,6-7,10H2,1H3,(H,20,21)/b14-8+. The van der Waals surface area contributed by atoms with Gasteiger partial charge in [-0.2, -0.15) is 0 Å². The summed E-state index contributed by atoms with van der Waals surface area (Å²) in [6, 6.07) is 5.89. The molecule has 0 aromatic heterocycles. The second kappa shape index (κ2) is 7.45. The lowest BCUT2D eigenvalue weighted by atomic mass is 10.1. The Kier molecular flexibility index (Phi) is 5.29. The van der Waals surface area contributed by atoms with Crippen LogP contribution in [0.2, 0.25) is 0 Å². The van der Waals surface area contributed by atoms with Gasteiger partial charge in [-0.25, -0.2) is 0 Å². The maximum atomic E-state index is 12.4. The van der Waals surface area contributed by atoms with Gasteiger partial charge in [0.25, 0.3) is 5.91 Å². The lowest BCUT2D eigenvalue weighted by Crippen LogP contribution is -2.33. The minimum atomic E-state index is -1.09. The molecule has 1 aromatic carbocycles. The third kappa shape index (κ3) is 3.80. The Hall–Kier alpha value is -2.06. The van der Waals surface area contributed by atoms with Crippen molar-refractivity contribution < 1.29 is 19.4 Å². The Balaban J connectivity index is 1.86. The second-order valence-electron chi connectivity index (χ2n) is 5.78. The number of carbonyl (C=O) groups is 2. The molecule has 6 nitrogen and oxygen atoms in total. The number of hydrogen-bond donors (Lipinski definition) is 1. The van der Waals surface area contributed by atoms with Crippen LogP contribution in [0.1, 0.15) is 18.4 Å². The third-order valence-electron chi connectivity index (χ3n) is 4.14. The van der Waals surface area contributed by atoms with Crippen LogP contribution in [-0.4, -0.2) is 52.9 Å². The highest BCUT2D eigenvalue weighted by Gasteiger charge is 2.33. The molecule has 2 heterocycles. The van der Waals surface area contributed by atoms with Gasteiger partial charge < -0.3 is 14.7 Å². The zero-order valence-corrected chi connectivity index (χ0v) is 15.4. The SMILES string of the molecule is COc1cc(N2CCCC2)ccc1/C=C1/SC(=S)N(CC(=O)O)C1=O. The Morgan fingerprint density at radius 1 is 1.40 bits per heavy atom. The van der Waals surface area contributed by atoms with E-state index in [9.17, 15) is 9.59 Å². The van der Waals surface area contributed by atoms with E-state index in [1.807, 2.05) is 18.2 Å².